The molecule has 0 aromatic heterocycles. The highest BCUT2D eigenvalue weighted by Crippen LogP contribution is 2.12. The number of methoxy groups -OCH3 is 1. The Morgan fingerprint density at radius 2 is 1.94 bits per heavy atom. The normalized spacial score (nSPS) is 10.2. The second-order valence-corrected chi connectivity index (χ2v) is 4.22. The van der Waals surface area contributed by atoms with E-state index in [2.05, 4.69) is 36.0 Å². The predicted molar refractivity (Wildman–Crippen MR) is 65.5 cm³/mol. The van der Waals surface area contributed by atoms with Gasteiger partial charge in [-0.15, -0.1) is 0 Å². The third-order valence-electron chi connectivity index (χ3n) is 2.26. The Bertz CT molecular complexity index is 330. The smallest absolute Gasteiger partial charge is 0.325 e. The first-order valence-corrected chi connectivity index (χ1v) is 5.51. The fourth-order valence-corrected chi connectivity index (χ4v) is 1.48. The highest BCUT2D eigenvalue weighted by atomic mass is 16.5. The lowest BCUT2D eigenvalue weighted by molar-refractivity contribution is -0.138. The first-order valence-electron chi connectivity index (χ1n) is 5.51. The Hall–Kier alpha value is -1.51. The fourth-order valence-electron chi connectivity index (χ4n) is 1.48. The molecule has 0 aliphatic rings. The molecule has 1 rings (SSSR count). The molecule has 16 heavy (non-hydrogen) atoms. The second-order valence-electron chi connectivity index (χ2n) is 4.22. The van der Waals surface area contributed by atoms with E-state index in [9.17, 15) is 4.79 Å². The summed E-state index contributed by atoms with van der Waals surface area (Å²) in [4.78, 5) is 10.9. The lowest BCUT2D eigenvalue weighted by Gasteiger charge is -2.07. The molecule has 1 N–H and O–H groups in total. The molecule has 0 spiro atoms. The van der Waals surface area contributed by atoms with E-state index in [1.165, 1.54) is 12.7 Å². The first kappa shape index (κ1) is 12.6. The van der Waals surface area contributed by atoms with Crippen molar-refractivity contribution in [1.29, 1.82) is 0 Å². The summed E-state index contributed by atoms with van der Waals surface area (Å²) in [5, 5.41) is 3.00. The Morgan fingerprint density at radius 1 is 1.31 bits per heavy atom. The van der Waals surface area contributed by atoms with Crippen molar-refractivity contribution >= 4 is 11.7 Å². The predicted octanol–water partition coefficient (Wildman–Crippen LogP) is 2.47. The van der Waals surface area contributed by atoms with Gasteiger partial charge in [0, 0.05) is 5.69 Å². The van der Waals surface area contributed by atoms with E-state index in [1.807, 2.05) is 12.1 Å². The summed E-state index contributed by atoms with van der Waals surface area (Å²) >= 11 is 0. The summed E-state index contributed by atoms with van der Waals surface area (Å²) < 4.78 is 4.55. The number of hydrogen-bond donors (Lipinski definition) is 1. The number of anilines is 1. The van der Waals surface area contributed by atoms with Crippen molar-refractivity contribution in [3.05, 3.63) is 29.8 Å². The third kappa shape index (κ3) is 4.34. The Labute approximate surface area is 96.8 Å². The molecule has 88 valence electrons. The van der Waals surface area contributed by atoms with Gasteiger partial charge in [-0.05, 0) is 30.0 Å². The van der Waals surface area contributed by atoms with Crippen LogP contribution in [0.2, 0.25) is 0 Å². The molecule has 0 bridgehead atoms. The van der Waals surface area contributed by atoms with Gasteiger partial charge in [-0.1, -0.05) is 26.0 Å². The molecule has 0 unspecified atom stereocenters. The van der Waals surface area contributed by atoms with Gasteiger partial charge in [-0.2, -0.15) is 0 Å². The number of carbonyl (C=O) groups is 1. The molecule has 0 radical (unpaired) electrons. The zero-order valence-electron chi connectivity index (χ0n) is 10.1. The standard InChI is InChI=1S/C13H19NO2/c1-10(2)8-11-4-6-12(7-5-11)14-9-13(15)16-3/h4-7,10,14H,8-9H2,1-3H3. The van der Waals surface area contributed by atoms with E-state index in [0.29, 0.717) is 5.92 Å². The highest BCUT2D eigenvalue weighted by Gasteiger charge is 2.00. The first-order chi connectivity index (χ1) is 7.61. The van der Waals surface area contributed by atoms with Crippen LogP contribution in [0.1, 0.15) is 19.4 Å². The molecule has 0 heterocycles. The zero-order chi connectivity index (χ0) is 12.0. The second kappa shape index (κ2) is 6.16. The van der Waals surface area contributed by atoms with E-state index in [4.69, 9.17) is 0 Å². The highest BCUT2D eigenvalue weighted by molar-refractivity contribution is 5.74. The molecule has 0 amide bonds. The van der Waals surface area contributed by atoms with E-state index in [-0.39, 0.29) is 12.5 Å². The maximum absolute atomic E-state index is 10.9. The van der Waals surface area contributed by atoms with Crippen LogP contribution in [0.25, 0.3) is 0 Å². The van der Waals surface area contributed by atoms with Crippen LogP contribution >= 0.6 is 0 Å². The molecule has 0 saturated carbocycles. The van der Waals surface area contributed by atoms with E-state index in [1.54, 1.807) is 0 Å². The summed E-state index contributed by atoms with van der Waals surface area (Å²) in [6.07, 6.45) is 1.08. The largest absolute Gasteiger partial charge is 0.468 e. The molecule has 1 aromatic rings. The van der Waals surface area contributed by atoms with E-state index in [0.717, 1.165) is 12.1 Å². The maximum atomic E-state index is 10.9. The van der Waals surface area contributed by atoms with Crippen molar-refractivity contribution < 1.29 is 9.53 Å². The zero-order valence-corrected chi connectivity index (χ0v) is 10.1. The minimum Gasteiger partial charge on any atom is -0.468 e. The Balaban J connectivity index is 2.48. The van der Waals surface area contributed by atoms with Crippen LogP contribution in [0.4, 0.5) is 5.69 Å². The monoisotopic (exact) mass is 221 g/mol. The summed E-state index contributed by atoms with van der Waals surface area (Å²) in [6, 6.07) is 8.14. The van der Waals surface area contributed by atoms with Crippen molar-refractivity contribution in [3.63, 3.8) is 0 Å². The van der Waals surface area contributed by atoms with Crippen LogP contribution in [-0.2, 0) is 16.0 Å². The number of ether oxygens (including phenoxy) is 1. The lowest BCUT2D eigenvalue weighted by atomic mass is 10.0. The molecule has 0 aliphatic heterocycles. The summed E-state index contributed by atoms with van der Waals surface area (Å²) in [5.74, 6) is 0.403. The van der Waals surface area contributed by atoms with Gasteiger partial charge in [0.1, 0.15) is 6.54 Å². The van der Waals surface area contributed by atoms with Crippen LogP contribution in [0.5, 0.6) is 0 Å². The van der Waals surface area contributed by atoms with Crippen LogP contribution in [0, 0.1) is 5.92 Å². The number of rotatable bonds is 5. The summed E-state index contributed by atoms with van der Waals surface area (Å²) in [7, 11) is 1.38. The molecule has 1 aromatic carbocycles. The molecule has 0 aliphatic carbocycles. The molecular formula is C13H19NO2. The van der Waals surface area contributed by atoms with Gasteiger partial charge in [0.15, 0.2) is 0 Å². The minimum absolute atomic E-state index is 0.208. The molecule has 3 nitrogen and oxygen atoms in total. The van der Waals surface area contributed by atoms with Gasteiger partial charge in [0.2, 0.25) is 0 Å². The maximum Gasteiger partial charge on any atom is 0.325 e. The summed E-state index contributed by atoms with van der Waals surface area (Å²) in [6.45, 7) is 4.60. The quantitative estimate of drug-likeness (QED) is 0.776. The van der Waals surface area contributed by atoms with Crippen LogP contribution in [0.15, 0.2) is 24.3 Å². The van der Waals surface area contributed by atoms with Crippen molar-refractivity contribution in [2.45, 2.75) is 20.3 Å². The molecule has 3 heteroatoms. The minimum atomic E-state index is -0.258. The number of benzene rings is 1. The molecule has 0 fully saturated rings. The fraction of sp³-hybridized carbons (Fsp3) is 0.462. The van der Waals surface area contributed by atoms with E-state index >= 15 is 0 Å². The van der Waals surface area contributed by atoms with Gasteiger partial charge in [-0.25, -0.2) is 0 Å². The third-order valence-corrected chi connectivity index (χ3v) is 2.26. The van der Waals surface area contributed by atoms with E-state index < -0.39 is 0 Å². The van der Waals surface area contributed by atoms with Gasteiger partial charge in [-0.3, -0.25) is 4.79 Å². The number of hydrogen-bond acceptors (Lipinski definition) is 3. The lowest BCUT2D eigenvalue weighted by Crippen LogP contribution is -2.14. The number of esters is 1. The molecule has 0 saturated heterocycles. The van der Waals surface area contributed by atoms with Gasteiger partial charge >= 0.3 is 5.97 Å². The number of carbonyl (C=O) groups excluding carboxylic acids is 1. The molecule has 0 atom stereocenters. The van der Waals surface area contributed by atoms with Gasteiger partial charge < -0.3 is 10.1 Å². The average Bonchev–Trinajstić information content (AvgIpc) is 2.27. The van der Waals surface area contributed by atoms with Crippen LogP contribution in [0.3, 0.4) is 0 Å². The van der Waals surface area contributed by atoms with Gasteiger partial charge in [0.25, 0.3) is 0 Å². The average molecular weight is 221 g/mol. The van der Waals surface area contributed by atoms with Crippen molar-refractivity contribution in [3.8, 4) is 0 Å². The van der Waals surface area contributed by atoms with Crippen molar-refractivity contribution in [1.82, 2.24) is 0 Å². The SMILES string of the molecule is COC(=O)CNc1ccc(CC(C)C)cc1. The Kier molecular flexibility index (Phi) is 4.83. The van der Waals surface area contributed by atoms with Crippen molar-refractivity contribution in [2.24, 2.45) is 5.92 Å². The Morgan fingerprint density at radius 3 is 2.44 bits per heavy atom. The van der Waals surface area contributed by atoms with Gasteiger partial charge in [0.05, 0.1) is 7.11 Å². The van der Waals surface area contributed by atoms with Crippen LogP contribution < -0.4 is 5.32 Å². The number of nitrogens with one attached hydrogen (secondary N) is 1. The summed E-state index contributed by atoms with van der Waals surface area (Å²) in [5.41, 5.74) is 2.26. The molecular weight excluding hydrogens is 202 g/mol. The topological polar surface area (TPSA) is 38.3 Å². The van der Waals surface area contributed by atoms with Crippen LogP contribution in [-0.4, -0.2) is 19.6 Å². The van der Waals surface area contributed by atoms with Crippen molar-refractivity contribution in [2.75, 3.05) is 19.0 Å².